The number of aliphatic hydroxyl groups is 2. The molecule has 0 spiro atoms. The van der Waals surface area contributed by atoms with Gasteiger partial charge >= 0.3 is 6.36 Å². The van der Waals surface area contributed by atoms with E-state index >= 15 is 0 Å². The van der Waals surface area contributed by atoms with Crippen LogP contribution in [0.3, 0.4) is 0 Å². The van der Waals surface area contributed by atoms with Crippen LogP contribution in [0.2, 0.25) is 0 Å². The third-order valence-corrected chi connectivity index (χ3v) is 8.41. The number of imidazole rings is 1. The lowest BCUT2D eigenvalue weighted by atomic mass is 9.76. The number of nitrogens with one attached hydrogen (secondary N) is 1. The zero-order valence-electron chi connectivity index (χ0n) is 23.2. The van der Waals surface area contributed by atoms with Crippen LogP contribution >= 0.6 is 0 Å². The monoisotopic (exact) mass is 589 g/mol. The van der Waals surface area contributed by atoms with E-state index < -0.39 is 30.9 Å². The van der Waals surface area contributed by atoms with Crippen molar-refractivity contribution in [3.63, 3.8) is 0 Å². The maximum atomic E-state index is 12.5. The number of hydrogen-bond donors (Lipinski definition) is 4. The Labute approximate surface area is 239 Å². The summed E-state index contributed by atoms with van der Waals surface area (Å²) in [4.78, 5) is 18.2. The SMILES string of the molecule is CC(C)N(CC1O[C@@H](n2ccc3c(N)ncnc32)[C@H](O)[C@@H]1O)[C@H]1C[C@H](CCc2nc3cc(OC(F)(F)F)ccc3[nH]2)C1. The number of H-pyrrole nitrogens is 1. The summed E-state index contributed by atoms with van der Waals surface area (Å²) in [6.45, 7) is 4.67. The molecule has 1 unspecified atom stereocenters. The molecule has 5 N–H and O–H groups in total. The number of aliphatic hydroxyl groups excluding tert-OH is 2. The number of nitrogen functional groups attached to an aromatic ring is 1. The van der Waals surface area contributed by atoms with Crippen molar-refractivity contribution in [2.45, 2.75) is 82.5 Å². The summed E-state index contributed by atoms with van der Waals surface area (Å²) in [5.74, 6) is 1.24. The fourth-order valence-corrected chi connectivity index (χ4v) is 6.20. The van der Waals surface area contributed by atoms with Crippen LogP contribution < -0.4 is 10.5 Å². The zero-order valence-corrected chi connectivity index (χ0v) is 23.2. The Bertz CT molecular complexity index is 1550. The van der Waals surface area contributed by atoms with Gasteiger partial charge in [0.25, 0.3) is 0 Å². The van der Waals surface area contributed by atoms with Crippen LogP contribution in [0.5, 0.6) is 5.75 Å². The predicted octanol–water partition coefficient (Wildman–Crippen LogP) is 3.53. The Balaban J connectivity index is 1.04. The molecule has 42 heavy (non-hydrogen) atoms. The number of hydrogen-bond acceptors (Lipinski definition) is 9. The number of rotatable bonds is 9. The third kappa shape index (κ3) is 5.63. The van der Waals surface area contributed by atoms with E-state index in [4.69, 9.17) is 10.5 Å². The fourth-order valence-electron chi connectivity index (χ4n) is 6.20. The minimum Gasteiger partial charge on any atom is -0.406 e. The smallest absolute Gasteiger partial charge is 0.406 e. The van der Waals surface area contributed by atoms with Crippen molar-refractivity contribution >= 4 is 27.9 Å². The zero-order chi connectivity index (χ0) is 29.8. The summed E-state index contributed by atoms with van der Waals surface area (Å²) < 4.78 is 49.5. The summed E-state index contributed by atoms with van der Waals surface area (Å²) in [6, 6.07) is 6.36. The number of aromatic nitrogens is 5. The number of ether oxygens (including phenoxy) is 2. The van der Waals surface area contributed by atoms with Gasteiger partial charge in [-0.05, 0) is 57.2 Å². The average Bonchev–Trinajstić information content (AvgIpc) is 3.58. The largest absolute Gasteiger partial charge is 0.573 e. The summed E-state index contributed by atoms with van der Waals surface area (Å²) >= 11 is 0. The highest BCUT2D eigenvalue weighted by Crippen LogP contribution is 2.39. The molecule has 4 atom stereocenters. The van der Waals surface area contributed by atoms with E-state index in [2.05, 4.69) is 43.4 Å². The lowest BCUT2D eigenvalue weighted by Gasteiger charge is -2.46. The van der Waals surface area contributed by atoms with Crippen LogP contribution in [0.4, 0.5) is 19.0 Å². The van der Waals surface area contributed by atoms with Gasteiger partial charge in [0.1, 0.15) is 47.7 Å². The van der Waals surface area contributed by atoms with Gasteiger partial charge < -0.3 is 35.0 Å². The molecule has 1 aliphatic carbocycles. The number of anilines is 1. The number of nitrogens with two attached hydrogens (primary N) is 1. The van der Waals surface area contributed by atoms with Crippen molar-refractivity contribution in [3.05, 3.63) is 42.6 Å². The molecule has 1 saturated heterocycles. The van der Waals surface area contributed by atoms with Crippen molar-refractivity contribution in [1.82, 2.24) is 29.4 Å². The van der Waals surface area contributed by atoms with Gasteiger partial charge in [-0.3, -0.25) is 4.90 Å². The van der Waals surface area contributed by atoms with E-state index in [1.54, 1.807) is 16.8 Å². The van der Waals surface area contributed by atoms with Crippen molar-refractivity contribution in [1.29, 1.82) is 0 Å². The molecule has 1 aromatic carbocycles. The number of nitrogens with zero attached hydrogens (tertiary/aromatic N) is 5. The lowest BCUT2D eigenvalue weighted by molar-refractivity contribution is -0.274. The number of aryl methyl sites for hydroxylation is 1. The van der Waals surface area contributed by atoms with Crippen molar-refractivity contribution in [2.24, 2.45) is 5.92 Å². The summed E-state index contributed by atoms with van der Waals surface area (Å²) in [5, 5.41) is 22.4. The highest BCUT2D eigenvalue weighted by Gasteiger charge is 2.46. The maximum absolute atomic E-state index is 12.5. The molecule has 0 radical (unpaired) electrons. The van der Waals surface area contributed by atoms with E-state index in [-0.39, 0.29) is 11.8 Å². The molecule has 226 valence electrons. The Morgan fingerprint density at radius 1 is 1.19 bits per heavy atom. The van der Waals surface area contributed by atoms with E-state index in [0.717, 1.165) is 25.1 Å². The first-order valence-corrected chi connectivity index (χ1v) is 14.1. The third-order valence-electron chi connectivity index (χ3n) is 8.41. The van der Waals surface area contributed by atoms with E-state index in [0.29, 0.717) is 52.8 Å². The van der Waals surface area contributed by atoms with Crippen LogP contribution in [0, 0.1) is 5.92 Å². The van der Waals surface area contributed by atoms with Crippen molar-refractivity contribution in [3.8, 4) is 5.75 Å². The minimum atomic E-state index is -4.75. The molecule has 1 saturated carbocycles. The van der Waals surface area contributed by atoms with Crippen molar-refractivity contribution in [2.75, 3.05) is 12.3 Å². The van der Waals surface area contributed by atoms with E-state index in [1.807, 2.05) is 0 Å². The normalized spacial score (nSPS) is 26.5. The molecule has 2 aliphatic rings. The van der Waals surface area contributed by atoms with E-state index in [1.165, 1.54) is 24.5 Å². The first-order valence-electron chi connectivity index (χ1n) is 14.1. The molecule has 4 aromatic rings. The summed E-state index contributed by atoms with van der Waals surface area (Å²) in [6.07, 6.45) is -1.76. The number of aromatic amines is 1. The van der Waals surface area contributed by atoms with Gasteiger partial charge in [-0.15, -0.1) is 13.2 Å². The quantitative estimate of drug-likeness (QED) is 0.230. The summed E-state index contributed by atoms with van der Waals surface area (Å²) in [5.41, 5.74) is 7.58. The molecule has 4 heterocycles. The molecular formula is C28H34F3N7O4. The van der Waals surface area contributed by atoms with Gasteiger partial charge in [-0.1, -0.05) is 0 Å². The molecule has 2 fully saturated rings. The fraction of sp³-hybridized carbons (Fsp3) is 0.536. The Morgan fingerprint density at radius 2 is 1.98 bits per heavy atom. The number of fused-ring (bicyclic) bond motifs is 2. The number of benzene rings is 1. The minimum absolute atomic E-state index is 0.200. The van der Waals surface area contributed by atoms with Gasteiger partial charge in [0, 0.05) is 37.3 Å². The second-order valence-corrected chi connectivity index (χ2v) is 11.5. The average molecular weight is 590 g/mol. The molecular weight excluding hydrogens is 555 g/mol. The van der Waals surface area contributed by atoms with Gasteiger partial charge in [0.2, 0.25) is 0 Å². The lowest BCUT2D eigenvalue weighted by Crippen LogP contribution is -2.52. The topological polar surface area (TPSA) is 148 Å². The van der Waals surface area contributed by atoms with Crippen molar-refractivity contribution < 1.29 is 32.9 Å². The molecule has 3 aromatic heterocycles. The van der Waals surface area contributed by atoms with Crippen LogP contribution in [-0.4, -0.2) is 82.9 Å². The van der Waals surface area contributed by atoms with Gasteiger partial charge in [0.15, 0.2) is 6.23 Å². The number of halogens is 3. The standard InChI is InChI=1S/C28H34F3N7O4/c1-14(2)38(12-21-23(39)24(40)27(41-21)37-8-7-18-25(32)33-13-34-26(18)37)16-9-15(10-16)3-6-22-35-19-5-4-17(11-20(19)36-22)42-28(29,30)31/h4-5,7-8,11,13-16,21,23-24,27,39-40H,3,6,9-10,12H2,1-2H3,(H,35,36)(H2,32,33,34)/t15-,16-,21?,23-,24-,27-/m1/s1. The molecule has 0 amide bonds. The van der Waals surface area contributed by atoms with E-state index in [9.17, 15) is 23.4 Å². The molecule has 0 bridgehead atoms. The maximum Gasteiger partial charge on any atom is 0.573 e. The first-order chi connectivity index (χ1) is 20.0. The highest BCUT2D eigenvalue weighted by molar-refractivity contribution is 5.86. The van der Waals surface area contributed by atoms with Crippen LogP contribution in [0.15, 0.2) is 36.8 Å². The molecule has 11 nitrogen and oxygen atoms in total. The van der Waals surface area contributed by atoms with Crippen LogP contribution in [0.1, 0.15) is 45.2 Å². The Hall–Kier alpha value is -3.46. The summed E-state index contributed by atoms with van der Waals surface area (Å²) in [7, 11) is 0. The second kappa shape index (κ2) is 11.0. The van der Waals surface area contributed by atoms with Gasteiger partial charge in [-0.25, -0.2) is 15.0 Å². The predicted molar refractivity (Wildman–Crippen MR) is 147 cm³/mol. The van der Waals surface area contributed by atoms with Gasteiger partial charge in [-0.2, -0.15) is 0 Å². The molecule has 14 heteroatoms. The van der Waals surface area contributed by atoms with Crippen LogP contribution in [-0.2, 0) is 11.2 Å². The molecule has 6 rings (SSSR count). The number of alkyl halides is 3. The van der Waals surface area contributed by atoms with Crippen LogP contribution in [0.25, 0.3) is 22.1 Å². The van der Waals surface area contributed by atoms with Gasteiger partial charge in [0.05, 0.1) is 16.4 Å². The second-order valence-electron chi connectivity index (χ2n) is 11.5. The highest BCUT2D eigenvalue weighted by atomic mass is 19.4. The first kappa shape index (κ1) is 28.6. The Morgan fingerprint density at radius 3 is 2.71 bits per heavy atom. The molecule has 1 aliphatic heterocycles. The Kier molecular flexibility index (Phi) is 7.50.